The molecule has 0 fully saturated rings. The van der Waals surface area contributed by atoms with Crippen molar-refractivity contribution in [3.05, 3.63) is 23.5 Å². The lowest BCUT2D eigenvalue weighted by molar-refractivity contribution is -0.590. The first kappa shape index (κ1) is 8.64. The van der Waals surface area contributed by atoms with Gasteiger partial charge in [0.25, 0.3) is 0 Å². The van der Waals surface area contributed by atoms with Crippen molar-refractivity contribution >= 4 is 5.82 Å². The Kier molecular flexibility index (Phi) is 2.38. The Hall–Kier alpha value is -1.45. The van der Waals surface area contributed by atoms with E-state index in [1.165, 1.54) is 18.3 Å². The summed E-state index contributed by atoms with van der Waals surface area (Å²) >= 11 is 0. The van der Waals surface area contributed by atoms with Gasteiger partial charge in [-0.1, -0.05) is 0 Å². The van der Waals surface area contributed by atoms with Crippen molar-refractivity contribution in [1.82, 2.24) is 0 Å². The predicted octanol–water partition coefficient (Wildman–Crippen LogP) is 0.846. The van der Waals surface area contributed by atoms with Crippen LogP contribution in [0, 0.1) is 5.21 Å². The maximum absolute atomic E-state index is 11.1. The van der Waals surface area contributed by atoms with Crippen LogP contribution in [0.4, 0.5) is 5.82 Å². The minimum Gasteiger partial charge on any atom is -0.711 e. The zero-order chi connectivity index (χ0) is 9.14. The van der Waals surface area contributed by atoms with Crippen LogP contribution in [0.15, 0.2) is 18.3 Å². The van der Waals surface area contributed by atoms with Crippen molar-refractivity contribution in [2.24, 2.45) is 0 Å². The van der Waals surface area contributed by atoms with E-state index in [0.717, 1.165) is 0 Å². The van der Waals surface area contributed by atoms with Gasteiger partial charge in [-0.2, -0.15) is 0 Å². The highest BCUT2D eigenvalue weighted by Gasteiger charge is 2.10. The minimum absolute atomic E-state index is 0.0267. The lowest BCUT2D eigenvalue weighted by atomic mass is 10.3. The van der Waals surface area contributed by atoms with E-state index < -0.39 is 0 Å². The number of rotatable bonds is 2. The van der Waals surface area contributed by atoms with Crippen molar-refractivity contribution in [2.75, 3.05) is 5.32 Å². The molecule has 4 heteroatoms. The predicted molar refractivity (Wildman–Crippen MR) is 45.8 cm³/mol. The van der Waals surface area contributed by atoms with Gasteiger partial charge in [-0.15, -0.1) is 0 Å². The van der Waals surface area contributed by atoms with E-state index in [4.69, 9.17) is 0 Å². The van der Waals surface area contributed by atoms with Gasteiger partial charge in [-0.05, 0) is 26.0 Å². The molecular weight excluding hydrogens is 156 g/mol. The summed E-state index contributed by atoms with van der Waals surface area (Å²) < 4.78 is 0.606. The van der Waals surface area contributed by atoms with Crippen LogP contribution >= 0.6 is 0 Å². The third-order valence-electron chi connectivity index (χ3n) is 1.36. The molecule has 0 aromatic carbocycles. The Labute approximate surface area is 71.0 Å². The van der Waals surface area contributed by atoms with Crippen LogP contribution in [0.25, 0.3) is 0 Å². The fraction of sp³-hybridized carbons (Fsp3) is 0.375. The number of aromatic hydroxyl groups is 1. The maximum atomic E-state index is 11.1. The van der Waals surface area contributed by atoms with Gasteiger partial charge in [0.1, 0.15) is 0 Å². The first-order valence-electron chi connectivity index (χ1n) is 3.79. The van der Waals surface area contributed by atoms with E-state index in [0.29, 0.717) is 4.73 Å². The Balaban J connectivity index is 2.96. The number of nitrogens with zero attached hydrogens (tertiary/aromatic N) is 1. The summed E-state index contributed by atoms with van der Waals surface area (Å²) in [7, 11) is 0. The van der Waals surface area contributed by atoms with Gasteiger partial charge < -0.3 is 10.3 Å². The molecule has 1 aromatic heterocycles. The maximum Gasteiger partial charge on any atom is 0.320 e. The quantitative estimate of drug-likeness (QED) is 0.508. The summed E-state index contributed by atoms with van der Waals surface area (Å²) in [6.45, 7) is 3.79. The molecule has 66 valence electrons. The third kappa shape index (κ3) is 1.78. The number of pyridine rings is 1. The zero-order valence-corrected chi connectivity index (χ0v) is 7.11. The summed E-state index contributed by atoms with van der Waals surface area (Å²) in [5.41, 5.74) is 0. The molecule has 0 aliphatic heterocycles. The molecule has 1 rings (SSSR count). The van der Waals surface area contributed by atoms with Gasteiger partial charge in [0.2, 0.25) is 5.75 Å². The van der Waals surface area contributed by atoms with Crippen molar-refractivity contribution in [3.63, 3.8) is 0 Å². The van der Waals surface area contributed by atoms with Crippen LogP contribution in [0.1, 0.15) is 13.8 Å². The van der Waals surface area contributed by atoms with E-state index in [1.807, 2.05) is 13.8 Å². The number of aromatic nitrogens is 1. The standard InChI is InChI=1S/C8H12N2O2/c1-6(2)9-8-7(11)4-3-5-10(8)12/h3-6,9,11H,1-2H3. The van der Waals surface area contributed by atoms with E-state index >= 15 is 0 Å². The number of hydrogen-bond acceptors (Lipinski definition) is 3. The van der Waals surface area contributed by atoms with Crippen LogP contribution in [-0.4, -0.2) is 11.1 Å². The number of hydrogen-bond donors (Lipinski definition) is 2. The molecule has 0 saturated carbocycles. The van der Waals surface area contributed by atoms with Crippen LogP contribution < -0.4 is 10.0 Å². The van der Waals surface area contributed by atoms with E-state index in [2.05, 4.69) is 5.32 Å². The molecule has 0 saturated heterocycles. The van der Waals surface area contributed by atoms with E-state index in [9.17, 15) is 10.3 Å². The molecule has 0 unspecified atom stereocenters. The summed E-state index contributed by atoms with van der Waals surface area (Å²) in [5, 5.41) is 23.2. The molecule has 12 heavy (non-hydrogen) atoms. The fourth-order valence-corrected chi connectivity index (χ4v) is 0.890. The molecule has 1 aromatic rings. The topological polar surface area (TPSA) is 59.2 Å². The van der Waals surface area contributed by atoms with E-state index in [1.54, 1.807) is 0 Å². The molecule has 2 N–H and O–H groups in total. The van der Waals surface area contributed by atoms with Crippen LogP contribution in [0.3, 0.4) is 0 Å². The normalized spacial score (nSPS) is 10.2. The Morgan fingerprint density at radius 1 is 1.58 bits per heavy atom. The third-order valence-corrected chi connectivity index (χ3v) is 1.36. The van der Waals surface area contributed by atoms with Gasteiger partial charge in [0.05, 0.1) is 12.2 Å². The molecule has 0 atom stereocenters. The molecule has 4 nitrogen and oxygen atoms in total. The highest BCUT2D eigenvalue weighted by atomic mass is 16.5. The summed E-state index contributed by atoms with van der Waals surface area (Å²) in [6.07, 6.45) is 1.34. The van der Waals surface area contributed by atoms with Gasteiger partial charge in [0, 0.05) is 0 Å². The average Bonchev–Trinajstić information content (AvgIpc) is 1.97. The first-order chi connectivity index (χ1) is 5.61. The lowest BCUT2D eigenvalue weighted by Gasteiger charge is -2.10. The molecule has 0 spiro atoms. The lowest BCUT2D eigenvalue weighted by Crippen LogP contribution is -2.32. The molecular formula is C8H12N2O2. The van der Waals surface area contributed by atoms with Gasteiger partial charge in [-0.25, -0.2) is 4.73 Å². The SMILES string of the molecule is CC(C)Nc1c(O)ccc[n+]1[O-]. The first-order valence-corrected chi connectivity index (χ1v) is 3.79. The molecule has 0 radical (unpaired) electrons. The van der Waals surface area contributed by atoms with Crippen molar-refractivity contribution in [1.29, 1.82) is 0 Å². The molecule has 0 amide bonds. The monoisotopic (exact) mass is 168 g/mol. The summed E-state index contributed by atoms with van der Waals surface area (Å²) in [5.74, 6) is 0.175. The Morgan fingerprint density at radius 3 is 2.75 bits per heavy atom. The minimum atomic E-state index is -0.0267. The largest absolute Gasteiger partial charge is 0.711 e. The smallest absolute Gasteiger partial charge is 0.320 e. The Bertz CT molecular complexity index is 254. The van der Waals surface area contributed by atoms with Crippen LogP contribution in [0.2, 0.25) is 0 Å². The molecule has 0 aliphatic carbocycles. The van der Waals surface area contributed by atoms with E-state index in [-0.39, 0.29) is 17.6 Å². The summed E-state index contributed by atoms with van der Waals surface area (Å²) in [6, 6.07) is 3.09. The number of nitrogens with one attached hydrogen (secondary N) is 1. The fourth-order valence-electron chi connectivity index (χ4n) is 0.890. The molecule has 0 bridgehead atoms. The highest BCUT2D eigenvalue weighted by molar-refractivity contribution is 5.44. The van der Waals surface area contributed by atoms with Gasteiger partial charge in [-0.3, -0.25) is 5.32 Å². The average molecular weight is 168 g/mol. The molecule has 0 aliphatic rings. The van der Waals surface area contributed by atoms with Gasteiger partial charge in [0.15, 0.2) is 0 Å². The van der Waals surface area contributed by atoms with Crippen LogP contribution in [-0.2, 0) is 0 Å². The highest BCUT2D eigenvalue weighted by Crippen LogP contribution is 2.16. The zero-order valence-electron chi connectivity index (χ0n) is 7.11. The second kappa shape index (κ2) is 3.30. The second-order valence-electron chi connectivity index (χ2n) is 2.87. The Morgan fingerprint density at radius 2 is 2.25 bits per heavy atom. The molecule has 1 heterocycles. The second-order valence-corrected chi connectivity index (χ2v) is 2.87. The van der Waals surface area contributed by atoms with Crippen molar-refractivity contribution in [3.8, 4) is 5.75 Å². The van der Waals surface area contributed by atoms with Crippen molar-refractivity contribution in [2.45, 2.75) is 19.9 Å². The summed E-state index contributed by atoms with van der Waals surface area (Å²) in [4.78, 5) is 0. The van der Waals surface area contributed by atoms with Crippen LogP contribution in [0.5, 0.6) is 5.75 Å². The number of anilines is 1. The van der Waals surface area contributed by atoms with Crippen molar-refractivity contribution < 1.29 is 9.84 Å². The van der Waals surface area contributed by atoms with Gasteiger partial charge >= 0.3 is 5.82 Å².